The summed E-state index contributed by atoms with van der Waals surface area (Å²) in [5, 5.41) is 8.11. The van der Waals surface area contributed by atoms with Crippen molar-refractivity contribution in [3.05, 3.63) is 42.4 Å². The van der Waals surface area contributed by atoms with Gasteiger partial charge in [-0.25, -0.2) is 0 Å². The summed E-state index contributed by atoms with van der Waals surface area (Å²) in [7, 11) is 1.90. The summed E-state index contributed by atoms with van der Waals surface area (Å²) < 4.78 is 5.33. The lowest BCUT2D eigenvalue weighted by atomic mass is 10.1. The molecule has 0 saturated carbocycles. The van der Waals surface area contributed by atoms with Gasteiger partial charge in [0.25, 0.3) is 5.89 Å². The van der Waals surface area contributed by atoms with Gasteiger partial charge >= 0.3 is 0 Å². The first-order chi connectivity index (χ1) is 9.38. The van der Waals surface area contributed by atoms with Gasteiger partial charge in [-0.1, -0.05) is 23.4 Å². The normalized spacial score (nSPS) is 11.0. The first-order valence-corrected chi connectivity index (χ1v) is 6.20. The highest BCUT2D eigenvalue weighted by molar-refractivity contribution is 5.91. The van der Waals surface area contributed by atoms with Gasteiger partial charge in [-0.3, -0.25) is 4.98 Å². The van der Waals surface area contributed by atoms with Crippen LogP contribution in [-0.4, -0.2) is 28.7 Å². The van der Waals surface area contributed by atoms with E-state index in [0.717, 1.165) is 29.4 Å². The summed E-state index contributed by atoms with van der Waals surface area (Å²) in [6.07, 6.45) is 2.52. The van der Waals surface area contributed by atoms with Crippen LogP contribution in [0, 0.1) is 0 Å². The molecule has 0 radical (unpaired) electrons. The van der Waals surface area contributed by atoms with E-state index >= 15 is 0 Å². The van der Waals surface area contributed by atoms with Crippen LogP contribution in [0.25, 0.3) is 22.4 Å². The Bertz CT molecular complexity index is 687. The van der Waals surface area contributed by atoms with Gasteiger partial charge in [0, 0.05) is 24.5 Å². The zero-order valence-corrected chi connectivity index (χ0v) is 10.6. The van der Waals surface area contributed by atoms with E-state index in [1.807, 2.05) is 37.4 Å². The fourth-order valence-electron chi connectivity index (χ4n) is 1.98. The maximum absolute atomic E-state index is 5.33. The van der Waals surface area contributed by atoms with Crippen molar-refractivity contribution in [2.75, 3.05) is 13.6 Å². The van der Waals surface area contributed by atoms with Crippen LogP contribution in [0.3, 0.4) is 0 Å². The summed E-state index contributed by atoms with van der Waals surface area (Å²) in [4.78, 5) is 8.80. The molecule has 0 unspecified atom stereocenters. The number of pyridine rings is 1. The Balaban J connectivity index is 2.02. The Kier molecular flexibility index (Phi) is 3.20. The third-order valence-corrected chi connectivity index (χ3v) is 2.93. The lowest BCUT2D eigenvalue weighted by molar-refractivity contribution is 0.422. The van der Waals surface area contributed by atoms with Crippen molar-refractivity contribution in [2.24, 2.45) is 0 Å². The number of nitrogens with one attached hydrogen (secondary N) is 1. The van der Waals surface area contributed by atoms with Crippen molar-refractivity contribution in [2.45, 2.75) is 6.42 Å². The quantitative estimate of drug-likeness (QED) is 0.772. The number of hydrogen-bond donors (Lipinski definition) is 1. The number of aromatic nitrogens is 3. The maximum Gasteiger partial charge on any atom is 0.260 e. The number of fused-ring (bicyclic) bond motifs is 1. The molecule has 0 fully saturated rings. The second-order valence-corrected chi connectivity index (χ2v) is 4.25. The summed E-state index contributed by atoms with van der Waals surface area (Å²) in [5.74, 6) is 1.23. The zero-order chi connectivity index (χ0) is 13.1. The molecule has 0 bridgehead atoms. The van der Waals surface area contributed by atoms with Crippen molar-refractivity contribution >= 4 is 10.9 Å². The van der Waals surface area contributed by atoms with Gasteiger partial charge in [0.2, 0.25) is 0 Å². The molecule has 96 valence electrons. The fourth-order valence-corrected chi connectivity index (χ4v) is 1.98. The molecule has 0 aliphatic heterocycles. The van der Waals surface area contributed by atoms with Crippen LogP contribution in [0.2, 0.25) is 0 Å². The van der Waals surface area contributed by atoms with Crippen molar-refractivity contribution in [1.29, 1.82) is 0 Å². The first-order valence-electron chi connectivity index (χ1n) is 6.20. The van der Waals surface area contributed by atoms with Gasteiger partial charge in [0.05, 0.1) is 11.1 Å². The van der Waals surface area contributed by atoms with Crippen LogP contribution in [-0.2, 0) is 6.42 Å². The van der Waals surface area contributed by atoms with Gasteiger partial charge < -0.3 is 9.84 Å². The van der Waals surface area contributed by atoms with E-state index in [4.69, 9.17) is 4.52 Å². The van der Waals surface area contributed by atoms with E-state index in [-0.39, 0.29) is 0 Å². The van der Waals surface area contributed by atoms with E-state index in [9.17, 15) is 0 Å². The van der Waals surface area contributed by atoms with Gasteiger partial charge in [0.15, 0.2) is 5.82 Å². The minimum atomic E-state index is 0.524. The lowest BCUT2D eigenvalue weighted by Crippen LogP contribution is -2.11. The Morgan fingerprint density at radius 3 is 3.00 bits per heavy atom. The molecule has 0 aliphatic rings. The van der Waals surface area contributed by atoms with Gasteiger partial charge in [-0.2, -0.15) is 4.98 Å². The summed E-state index contributed by atoms with van der Waals surface area (Å²) >= 11 is 0. The monoisotopic (exact) mass is 254 g/mol. The number of para-hydroxylation sites is 1. The molecule has 0 atom stereocenters. The molecule has 3 rings (SSSR count). The molecule has 0 amide bonds. The minimum absolute atomic E-state index is 0.524. The molecule has 0 spiro atoms. The molecule has 5 heteroatoms. The van der Waals surface area contributed by atoms with Crippen molar-refractivity contribution < 1.29 is 4.52 Å². The molecule has 2 heterocycles. The number of nitrogens with zero attached hydrogens (tertiary/aromatic N) is 3. The Morgan fingerprint density at radius 2 is 2.11 bits per heavy atom. The second kappa shape index (κ2) is 5.16. The highest BCUT2D eigenvalue weighted by Gasteiger charge is 2.12. The van der Waals surface area contributed by atoms with Crippen LogP contribution >= 0.6 is 0 Å². The van der Waals surface area contributed by atoms with Crippen LogP contribution in [0.4, 0.5) is 0 Å². The lowest BCUT2D eigenvalue weighted by Gasteiger charge is -2.00. The van der Waals surface area contributed by atoms with E-state index in [1.54, 1.807) is 6.20 Å². The van der Waals surface area contributed by atoms with Crippen molar-refractivity contribution in [3.8, 4) is 11.5 Å². The van der Waals surface area contributed by atoms with Gasteiger partial charge in [-0.15, -0.1) is 0 Å². The molecule has 5 nitrogen and oxygen atoms in total. The van der Waals surface area contributed by atoms with E-state index in [1.165, 1.54) is 0 Å². The Hall–Kier alpha value is -2.27. The van der Waals surface area contributed by atoms with Gasteiger partial charge in [0.1, 0.15) is 0 Å². The minimum Gasteiger partial charge on any atom is -0.334 e. The van der Waals surface area contributed by atoms with Crippen LogP contribution in [0.15, 0.2) is 41.1 Å². The molecule has 0 aliphatic carbocycles. The van der Waals surface area contributed by atoms with Crippen molar-refractivity contribution in [1.82, 2.24) is 20.4 Å². The number of hydrogen-bond acceptors (Lipinski definition) is 5. The first kappa shape index (κ1) is 11.8. The van der Waals surface area contributed by atoms with Crippen LogP contribution in [0.5, 0.6) is 0 Å². The highest BCUT2D eigenvalue weighted by Crippen LogP contribution is 2.25. The standard InChI is InChI=1S/C14H14N4O/c1-15-9-7-12-17-14(19-18-12)11-6-2-4-10-5-3-8-16-13(10)11/h2-6,8,15H,7,9H2,1H3. The molecular weight excluding hydrogens is 240 g/mol. The van der Waals surface area contributed by atoms with E-state index in [0.29, 0.717) is 11.7 Å². The van der Waals surface area contributed by atoms with E-state index < -0.39 is 0 Å². The average molecular weight is 254 g/mol. The van der Waals surface area contributed by atoms with Gasteiger partial charge in [-0.05, 0) is 19.2 Å². The molecular formula is C14H14N4O. The van der Waals surface area contributed by atoms with Crippen LogP contribution < -0.4 is 5.32 Å². The average Bonchev–Trinajstić information content (AvgIpc) is 2.93. The topological polar surface area (TPSA) is 63.8 Å². The molecule has 1 aromatic carbocycles. The molecule has 0 saturated heterocycles. The molecule has 3 aromatic rings. The third-order valence-electron chi connectivity index (χ3n) is 2.93. The summed E-state index contributed by atoms with van der Waals surface area (Å²) in [5.41, 5.74) is 1.76. The largest absolute Gasteiger partial charge is 0.334 e. The fraction of sp³-hybridized carbons (Fsp3) is 0.214. The molecule has 1 N–H and O–H groups in total. The second-order valence-electron chi connectivity index (χ2n) is 4.25. The number of rotatable bonds is 4. The summed E-state index contributed by atoms with van der Waals surface area (Å²) in [6, 6.07) is 9.87. The van der Waals surface area contributed by atoms with Crippen molar-refractivity contribution in [3.63, 3.8) is 0 Å². The zero-order valence-electron chi connectivity index (χ0n) is 10.6. The van der Waals surface area contributed by atoms with E-state index in [2.05, 4.69) is 20.4 Å². The Morgan fingerprint density at radius 1 is 1.21 bits per heavy atom. The van der Waals surface area contributed by atoms with Crippen LogP contribution in [0.1, 0.15) is 5.82 Å². The summed E-state index contributed by atoms with van der Waals surface area (Å²) in [6.45, 7) is 0.826. The molecule has 2 aromatic heterocycles. The Labute approximate surface area is 110 Å². The predicted molar refractivity (Wildman–Crippen MR) is 72.7 cm³/mol. The third kappa shape index (κ3) is 2.32. The number of likely N-dealkylation sites (N-methyl/N-ethyl adjacent to an activating group) is 1. The number of benzene rings is 1. The smallest absolute Gasteiger partial charge is 0.260 e. The SMILES string of the molecule is CNCCc1noc(-c2cccc3cccnc23)n1. The molecule has 19 heavy (non-hydrogen) atoms. The maximum atomic E-state index is 5.33. The predicted octanol–water partition coefficient (Wildman–Crippen LogP) is 2.05. The highest BCUT2D eigenvalue weighted by atomic mass is 16.5.